The number of hydrogen-bond acceptors (Lipinski definition) is 3. The summed E-state index contributed by atoms with van der Waals surface area (Å²) >= 11 is 0. The van der Waals surface area contributed by atoms with E-state index in [1.807, 2.05) is 4.90 Å². The average Bonchev–Trinajstić information content (AvgIpc) is 2.96. The molecule has 1 saturated heterocycles. The van der Waals surface area contributed by atoms with Crippen molar-refractivity contribution in [3.63, 3.8) is 0 Å². The number of rotatable bonds is 3. The van der Waals surface area contributed by atoms with Gasteiger partial charge in [0.15, 0.2) is 0 Å². The molecule has 0 unspecified atom stereocenters. The molecule has 1 aliphatic heterocycles. The number of hydrogen-bond donors (Lipinski definition) is 1. The number of carbonyl (C=O) groups excluding carboxylic acids is 1. The number of amides is 1. The molecule has 0 aromatic heterocycles. The summed E-state index contributed by atoms with van der Waals surface area (Å²) in [4.78, 5) is 14.3. The van der Waals surface area contributed by atoms with Crippen LogP contribution in [0.1, 0.15) is 25.7 Å². The highest BCUT2D eigenvalue weighted by Gasteiger charge is 2.37. The number of ether oxygens (including phenoxy) is 1. The molecule has 0 radical (unpaired) electrons. The van der Waals surface area contributed by atoms with E-state index in [0.717, 1.165) is 38.8 Å². The predicted molar refractivity (Wildman–Crippen MR) is 61.9 cm³/mol. The van der Waals surface area contributed by atoms with Crippen molar-refractivity contribution in [2.45, 2.75) is 31.8 Å². The Hall–Kier alpha value is -0.610. The first-order valence-corrected chi connectivity index (χ1v) is 6.28. The molecule has 3 atom stereocenters. The van der Waals surface area contributed by atoms with Crippen molar-refractivity contribution in [1.82, 2.24) is 4.90 Å². The fourth-order valence-corrected chi connectivity index (χ4v) is 3.00. The summed E-state index contributed by atoms with van der Waals surface area (Å²) in [6.07, 6.45) is 4.51. The van der Waals surface area contributed by atoms with E-state index in [4.69, 9.17) is 10.5 Å². The van der Waals surface area contributed by atoms with E-state index in [1.54, 1.807) is 7.11 Å². The van der Waals surface area contributed by atoms with E-state index in [9.17, 15) is 4.79 Å². The molecular formula is C12H22N2O2. The van der Waals surface area contributed by atoms with Gasteiger partial charge in [0.25, 0.3) is 0 Å². The van der Waals surface area contributed by atoms with Crippen molar-refractivity contribution in [3.8, 4) is 0 Å². The van der Waals surface area contributed by atoms with Crippen LogP contribution < -0.4 is 5.73 Å². The second-order valence-corrected chi connectivity index (χ2v) is 4.96. The number of nitrogens with two attached hydrogens (primary N) is 1. The third-order valence-corrected chi connectivity index (χ3v) is 4.07. The highest BCUT2D eigenvalue weighted by molar-refractivity contribution is 5.79. The molecule has 1 amide bonds. The third-order valence-electron chi connectivity index (χ3n) is 4.07. The van der Waals surface area contributed by atoms with Crippen LogP contribution in [0, 0.1) is 11.8 Å². The number of nitrogens with zero attached hydrogens (tertiary/aromatic N) is 1. The second-order valence-electron chi connectivity index (χ2n) is 4.96. The van der Waals surface area contributed by atoms with Crippen LogP contribution in [0.3, 0.4) is 0 Å². The SMILES string of the molecule is CO[C@@H]1CCN(C(=O)[C@@H]2CCC[C@@H]2CN)C1. The molecule has 16 heavy (non-hydrogen) atoms. The van der Waals surface area contributed by atoms with Gasteiger partial charge in [0.1, 0.15) is 0 Å². The lowest BCUT2D eigenvalue weighted by Crippen LogP contribution is -2.38. The predicted octanol–water partition coefficient (Wildman–Crippen LogP) is 0.609. The maximum Gasteiger partial charge on any atom is 0.226 e. The Bertz CT molecular complexity index is 257. The molecule has 92 valence electrons. The van der Waals surface area contributed by atoms with E-state index >= 15 is 0 Å². The summed E-state index contributed by atoms with van der Waals surface area (Å²) in [5.74, 6) is 0.905. The van der Waals surface area contributed by atoms with E-state index in [-0.39, 0.29) is 12.0 Å². The highest BCUT2D eigenvalue weighted by Crippen LogP contribution is 2.33. The van der Waals surface area contributed by atoms with Gasteiger partial charge in [-0.1, -0.05) is 6.42 Å². The minimum Gasteiger partial charge on any atom is -0.380 e. The standard InChI is InChI=1S/C12H22N2O2/c1-16-10-5-6-14(8-10)12(15)11-4-2-3-9(11)7-13/h9-11H,2-8,13H2,1H3/t9-,10-,11-/m1/s1. The molecule has 0 aromatic rings. The van der Waals surface area contributed by atoms with Crippen LogP contribution >= 0.6 is 0 Å². The molecular weight excluding hydrogens is 204 g/mol. The summed E-state index contributed by atoms with van der Waals surface area (Å²) in [5, 5.41) is 0. The van der Waals surface area contributed by atoms with Crippen LogP contribution in [-0.4, -0.2) is 43.7 Å². The zero-order chi connectivity index (χ0) is 11.5. The molecule has 1 aliphatic carbocycles. The van der Waals surface area contributed by atoms with Gasteiger partial charge in [-0.25, -0.2) is 0 Å². The van der Waals surface area contributed by atoms with Crippen LogP contribution in [0.25, 0.3) is 0 Å². The van der Waals surface area contributed by atoms with Gasteiger partial charge in [-0.2, -0.15) is 0 Å². The zero-order valence-corrected chi connectivity index (χ0v) is 10.0. The number of carbonyl (C=O) groups is 1. The van der Waals surface area contributed by atoms with Crippen LogP contribution in [0.5, 0.6) is 0 Å². The fourth-order valence-electron chi connectivity index (χ4n) is 3.00. The van der Waals surface area contributed by atoms with Crippen LogP contribution in [-0.2, 0) is 9.53 Å². The first kappa shape index (κ1) is 11.9. The summed E-state index contributed by atoms with van der Waals surface area (Å²) in [6, 6.07) is 0. The first-order chi connectivity index (χ1) is 7.76. The van der Waals surface area contributed by atoms with Gasteiger partial charge >= 0.3 is 0 Å². The number of likely N-dealkylation sites (tertiary alicyclic amines) is 1. The van der Waals surface area contributed by atoms with Gasteiger partial charge in [-0.3, -0.25) is 4.79 Å². The van der Waals surface area contributed by atoms with Crippen molar-refractivity contribution in [2.24, 2.45) is 17.6 Å². The lowest BCUT2D eigenvalue weighted by Gasteiger charge is -2.24. The molecule has 2 N–H and O–H groups in total. The minimum absolute atomic E-state index is 0.181. The van der Waals surface area contributed by atoms with Gasteiger partial charge < -0.3 is 15.4 Å². The second kappa shape index (κ2) is 5.15. The van der Waals surface area contributed by atoms with E-state index < -0.39 is 0 Å². The van der Waals surface area contributed by atoms with Crippen LogP contribution in [0.2, 0.25) is 0 Å². The molecule has 0 spiro atoms. The van der Waals surface area contributed by atoms with E-state index in [2.05, 4.69) is 0 Å². The largest absolute Gasteiger partial charge is 0.380 e. The monoisotopic (exact) mass is 226 g/mol. The molecule has 1 heterocycles. The molecule has 2 aliphatic rings. The normalized spacial score (nSPS) is 34.6. The Morgan fingerprint density at radius 2 is 2.25 bits per heavy atom. The summed E-state index contributed by atoms with van der Waals surface area (Å²) < 4.78 is 5.29. The van der Waals surface area contributed by atoms with Gasteiger partial charge in [0.05, 0.1) is 6.10 Å². The van der Waals surface area contributed by atoms with Crippen molar-refractivity contribution in [2.75, 3.05) is 26.7 Å². The van der Waals surface area contributed by atoms with Gasteiger partial charge in [-0.05, 0) is 31.7 Å². The van der Waals surface area contributed by atoms with Gasteiger partial charge in [0, 0.05) is 26.1 Å². The summed E-state index contributed by atoms with van der Waals surface area (Å²) in [6.45, 7) is 2.27. The molecule has 0 aromatic carbocycles. The minimum atomic E-state index is 0.181. The molecule has 4 nitrogen and oxygen atoms in total. The quantitative estimate of drug-likeness (QED) is 0.767. The Labute approximate surface area is 97.1 Å². The number of methoxy groups -OCH3 is 1. The van der Waals surface area contributed by atoms with Crippen LogP contribution in [0.15, 0.2) is 0 Å². The smallest absolute Gasteiger partial charge is 0.226 e. The molecule has 0 bridgehead atoms. The van der Waals surface area contributed by atoms with E-state index in [1.165, 1.54) is 0 Å². The lowest BCUT2D eigenvalue weighted by molar-refractivity contribution is -0.135. The lowest BCUT2D eigenvalue weighted by atomic mass is 9.95. The van der Waals surface area contributed by atoms with Crippen molar-refractivity contribution < 1.29 is 9.53 Å². The van der Waals surface area contributed by atoms with Crippen molar-refractivity contribution in [1.29, 1.82) is 0 Å². The fraction of sp³-hybridized carbons (Fsp3) is 0.917. The molecule has 1 saturated carbocycles. The molecule has 2 rings (SSSR count). The zero-order valence-electron chi connectivity index (χ0n) is 10.0. The maximum atomic E-state index is 12.3. The van der Waals surface area contributed by atoms with Gasteiger partial charge in [-0.15, -0.1) is 0 Å². The molecule has 4 heteroatoms. The van der Waals surface area contributed by atoms with E-state index in [0.29, 0.717) is 18.4 Å². The van der Waals surface area contributed by atoms with Gasteiger partial charge in [0.2, 0.25) is 5.91 Å². The topological polar surface area (TPSA) is 55.6 Å². The van der Waals surface area contributed by atoms with Crippen LogP contribution in [0.4, 0.5) is 0 Å². The third kappa shape index (κ3) is 2.23. The Morgan fingerprint density at radius 1 is 1.44 bits per heavy atom. The first-order valence-electron chi connectivity index (χ1n) is 6.28. The van der Waals surface area contributed by atoms with Crippen molar-refractivity contribution in [3.05, 3.63) is 0 Å². The highest BCUT2D eigenvalue weighted by atomic mass is 16.5. The Balaban J connectivity index is 1.92. The summed E-state index contributed by atoms with van der Waals surface area (Å²) in [7, 11) is 1.72. The Morgan fingerprint density at radius 3 is 2.88 bits per heavy atom. The average molecular weight is 226 g/mol. The van der Waals surface area contributed by atoms with Crippen molar-refractivity contribution >= 4 is 5.91 Å². The Kier molecular flexibility index (Phi) is 3.82. The molecule has 2 fully saturated rings. The summed E-state index contributed by atoms with van der Waals surface area (Å²) in [5.41, 5.74) is 5.72. The maximum absolute atomic E-state index is 12.3.